The van der Waals surface area contributed by atoms with Crippen LogP contribution in [0.4, 0.5) is 0 Å². The number of ether oxygens (including phenoxy) is 1. The summed E-state index contributed by atoms with van der Waals surface area (Å²) in [7, 11) is 0. The second-order valence-corrected chi connectivity index (χ2v) is 3.59. The summed E-state index contributed by atoms with van der Waals surface area (Å²) in [5.74, 6) is -3.28. The van der Waals surface area contributed by atoms with Crippen LogP contribution >= 0.6 is 23.2 Å². The fourth-order valence-electron chi connectivity index (χ4n) is 0.904. The van der Waals surface area contributed by atoms with E-state index in [2.05, 4.69) is 0 Å². The van der Waals surface area contributed by atoms with Crippen LogP contribution < -0.4 is 4.74 Å². The zero-order valence-corrected chi connectivity index (χ0v) is 9.20. The normalized spacial score (nSPS) is 11.9. The summed E-state index contributed by atoms with van der Waals surface area (Å²) in [5.41, 5.74) is 0. The second kappa shape index (κ2) is 5.05. The number of hydrogen-bond donors (Lipinski definition) is 2. The van der Waals surface area contributed by atoms with Gasteiger partial charge in [-0.15, -0.1) is 0 Å². The maximum Gasteiger partial charge on any atom is 0.356 e. The van der Waals surface area contributed by atoms with Crippen LogP contribution in [0.3, 0.4) is 0 Å². The van der Waals surface area contributed by atoms with Gasteiger partial charge in [0.05, 0.1) is 5.02 Å². The molecule has 0 saturated heterocycles. The third-order valence-corrected chi connectivity index (χ3v) is 2.12. The van der Waals surface area contributed by atoms with Crippen molar-refractivity contribution in [2.24, 2.45) is 0 Å². The minimum atomic E-state index is -2.00. The lowest BCUT2D eigenvalue weighted by molar-refractivity contribution is -0.158. The van der Waals surface area contributed by atoms with E-state index in [-0.39, 0.29) is 10.8 Å². The van der Waals surface area contributed by atoms with Gasteiger partial charge in [0.15, 0.2) is 0 Å². The Hall–Kier alpha value is -1.46. The van der Waals surface area contributed by atoms with E-state index in [0.29, 0.717) is 5.02 Å². The molecule has 16 heavy (non-hydrogen) atoms. The minimum Gasteiger partial charge on any atom is -0.478 e. The molecule has 1 aromatic carbocycles. The van der Waals surface area contributed by atoms with Gasteiger partial charge >= 0.3 is 11.9 Å². The highest BCUT2D eigenvalue weighted by atomic mass is 35.5. The molecule has 1 aromatic rings. The lowest BCUT2D eigenvalue weighted by Gasteiger charge is -2.11. The van der Waals surface area contributed by atoms with Gasteiger partial charge in [0.1, 0.15) is 5.75 Å². The van der Waals surface area contributed by atoms with Crippen molar-refractivity contribution < 1.29 is 24.5 Å². The Bertz CT molecular complexity index is 418. The molecule has 0 aromatic heterocycles. The van der Waals surface area contributed by atoms with Gasteiger partial charge in [-0.2, -0.15) is 0 Å². The third kappa shape index (κ3) is 3.01. The highest BCUT2D eigenvalue weighted by Gasteiger charge is 2.28. The Morgan fingerprint density at radius 1 is 1.44 bits per heavy atom. The first-order valence-electron chi connectivity index (χ1n) is 3.99. The smallest absolute Gasteiger partial charge is 0.356 e. The molecule has 0 fully saturated rings. The molecule has 0 aliphatic heterocycles. The molecule has 0 saturated carbocycles. The predicted molar refractivity (Wildman–Crippen MR) is 56.1 cm³/mol. The maximum atomic E-state index is 10.5. The Balaban J connectivity index is 2.94. The summed E-state index contributed by atoms with van der Waals surface area (Å²) in [6.45, 7) is 0. The fraction of sp³-hybridized carbons (Fsp3) is 0.111. The SMILES string of the molecule is O=C(O)C(Oc1ccc(Cl)cc1Cl)[14C](=O)O. The highest BCUT2D eigenvalue weighted by Crippen LogP contribution is 2.28. The van der Waals surface area contributed by atoms with Crippen molar-refractivity contribution in [2.45, 2.75) is 6.10 Å². The van der Waals surface area contributed by atoms with E-state index in [0.717, 1.165) is 0 Å². The molecule has 0 spiro atoms. The molecular formula is C9H6Cl2O5. The van der Waals surface area contributed by atoms with E-state index in [1.54, 1.807) is 0 Å². The van der Waals surface area contributed by atoms with Crippen molar-refractivity contribution in [1.29, 1.82) is 0 Å². The first kappa shape index (κ1) is 12.6. The van der Waals surface area contributed by atoms with Gasteiger partial charge in [-0.25, -0.2) is 9.59 Å². The summed E-state index contributed by atoms with van der Waals surface area (Å²) in [5, 5.41) is 17.5. The monoisotopic (exact) mass is 266 g/mol. The molecule has 0 bridgehead atoms. The van der Waals surface area contributed by atoms with Crippen LogP contribution in [0.2, 0.25) is 10.0 Å². The molecule has 0 aliphatic carbocycles. The van der Waals surface area contributed by atoms with Crippen LogP contribution in [-0.2, 0) is 9.59 Å². The molecule has 0 heterocycles. The van der Waals surface area contributed by atoms with Gasteiger partial charge in [0.2, 0.25) is 0 Å². The van der Waals surface area contributed by atoms with E-state index >= 15 is 0 Å². The van der Waals surface area contributed by atoms with Gasteiger partial charge in [-0.3, -0.25) is 0 Å². The lowest BCUT2D eigenvalue weighted by Crippen LogP contribution is -2.35. The van der Waals surface area contributed by atoms with Crippen molar-refractivity contribution in [2.75, 3.05) is 0 Å². The molecule has 0 aliphatic rings. The van der Waals surface area contributed by atoms with Crippen LogP contribution in [0.15, 0.2) is 18.2 Å². The van der Waals surface area contributed by atoms with E-state index in [4.69, 9.17) is 38.2 Å². The van der Waals surface area contributed by atoms with Crippen molar-refractivity contribution in [3.8, 4) is 5.75 Å². The van der Waals surface area contributed by atoms with Gasteiger partial charge < -0.3 is 14.9 Å². The molecule has 2 N–H and O–H groups in total. The first-order chi connectivity index (χ1) is 7.41. The molecular weight excluding hydrogens is 261 g/mol. The van der Waals surface area contributed by atoms with Crippen LogP contribution in [0, 0.1) is 0 Å². The van der Waals surface area contributed by atoms with Crippen LogP contribution in [0.1, 0.15) is 0 Å². The number of carbonyl (C=O) groups is 2. The summed E-state index contributed by atoms with van der Waals surface area (Å²) in [4.78, 5) is 21.1. The number of carboxylic acids is 2. The molecule has 5 nitrogen and oxygen atoms in total. The Morgan fingerprint density at radius 3 is 2.50 bits per heavy atom. The summed E-state index contributed by atoms with van der Waals surface area (Å²) in [6, 6.07) is 4.02. The standard InChI is InChI=1S/C9H6Cl2O5/c10-4-1-2-6(5(11)3-4)16-7(8(12)13)9(14)15/h1-3,7H,(H,12,13)(H,14,15)/i8+2. The molecule has 0 amide bonds. The Morgan fingerprint density at radius 2 is 2.06 bits per heavy atom. The maximum absolute atomic E-state index is 10.5. The number of aliphatic carboxylic acids is 2. The Labute approximate surface area is 100 Å². The van der Waals surface area contributed by atoms with E-state index in [1.165, 1.54) is 18.2 Å². The van der Waals surface area contributed by atoms with Gasteiger partial charge in [0.25, 0.3) is 6.10 Å². The average Bonchev–Trinajstić information content (AvgIpc) is 2.15. The topological polar surface area (TPSA) is 83.8 Å². The summed E-state index contributed by atoms with van der Waals surface area (Å²) >= 11 is 11.3. The number of rotatable bonds is 4. The molecule has 0 radical (unpaired) electrons. The third-order valence-electron chi connectivity index (χ3n) is 1.59. The van der Waals surface area contributed by atoms with E-state index < -0.39 is 18.0 Å². The number of benzene rings is 1. The largest absolute Gasteiger partial charge is 0.478 e. The van der Waals surface area contributed by atoms with Gasteiger partial charge in [-0.1, -0.05) is 23.2 Å². The van der Waals surface area contributed by atoms with Crippen LogP contribution in [0.25, 0.3) is 0 Å². The molecule has 1 atom stereocenters. The number of hydrogen-bond acceptors (Lipinski definition) is 3. The van der Waals surface area contributed by atoms with E-state index in [1.807, 2.05) is 0 Å². The zero-order chi connectivity index (χ0) is 12.3. The minimum absolute atomic E-state index is 0.0417. The van der Waals surface area contributed by atoms with Crippen molar-refractivity contribution >= 4 is 35.1 Å². The van der Waals surface area contributed by atoms with Crippen molar-refractivity contribution in [1.82, 2.24) is 0 Å². The van der Waals surface area contributed by atoms with Gasteiger partial charge in [-0.05, 0) is 18.2 Å². The number of carboxylic acid groups (broad SMARTS) is 2. The first-order valence-corrected chi connectivity index (χ1v) is 4.74. The van der Waals surface area contributed by atoms with Crippen molar-refractivity contribution in [3.63, 3.8) is 0 Å². The fourth-order valence-corrected chi connectivity index (χ4v) is 1.36. The lowest BCUT2D eigenvalue weighted by atomic mass is 10.3. The predicted octanol–water partition coefficient (Wildman–Crippen LogP) is 1.91. The Kier molecular flexibility index (Phi) is 3.98. The van der Waals surface area contributed by atoms with Crippen molar-refractivity contribution in [3.05, 3.63) is 28.2 Å². The van der Waals surface area contributed by atoms with E-state index in [9.17, 15) is 9.59 Å². The highest BCUT2D eigenvalue weighted by molar-refractivity contribution is 6.35. The number of halogens is 2. The summed E-state index contributed by atoms with van der Waals surface area (Å²) in [6.07, 6.45) is -2.00. The molecule has 86 valence electrons. The zero-order valence-electron chi connectivity index (χ0n) is 7.68. The quantitative estimate of drug-likeness (QED) is 0.814. The summed E-state index contributed by atoms with van der Waals surface area (Å²) < 4.78 is 4.73. The second-order valence-electron chi connectivity index (χ2n) is 2.75. The van der Waals surface area contributed by atoms with Crippen LogP contribution in [-0.4, -0.2) is 28.3 Å². The molecule has 1 rings (SSSR count). The average molecular weight is 267 g/mol. The molecule has 1 unspecified atom stereocenters. The van der Waals surface area contributed by atoms with Gasteiger partial charge in [0, 0.05) is 5.02 Å². The van der Waals surface area contributed by atoms with Crippen LogP contribution in [0.5, 0.6) is 5.75 Å². The molecule has 7 heteroatoms.